The van der Waals surface area contributed by atoms with Crippen LogP contribution in [-0.2, 0) is 0 Å². The molecule has 0 bridgehead atoms. The van der Waals surface area contributed by atoms with E-state index in [1.54, 1.807) is 0 Å². The molecule has 2 rings (SSSR count). The van der Waals surface area contributed by atoms with Crippen LogP contribution < -0.4 is 10.5 Å². The number of benzene rings is 1. The molecule has 1 aromatic carbocycles. The Morgan fingerprint density at radius 1 is 1.20 bits per heavy atom. The van der Waals surface area contributed by atoms with E-state index in [1.165, 1.54) is 12.8 Å². The van der Waals surface area contributed by atoms with Crippen molar-refractivity contribution in [3.8, 4) is 5.75 Å². The van der Waals surface area contributed by atoms with E-state index in [-0.39, 0.29) is 5.84 Å². The molecule has 1 saturated carbocycles. The van der Waals surface area contributed by atoms with Crippen LogP contribution in [0.3, 0.4) is 0 Å². The van der Waals surface area contributed by atoms with Crippen molar-refractivity contribution in [2.45, 2.75) is 31.8 Å². The fourth-order valence-corrected chi connectivity index (χ4v) is 1.91. The van der Waals surface area contributed by atoms with Crippen LogP contribution in [0.2, 0.25) is 0 Å². The maximum Gasteiger partial charge on any atom is 0.122 e. The van der Waals surface area contributed by atoms with Crippen molar-refractivity contribution in [3.63, 3.8) is 0 Å². The van der Waals surface area contributed by atoms with Gasteiger partial charge in [-0.25, -0.2) is 0 Å². The van der Waals surface area contributed by atoms with Crippen molar-refractivity contribution in [3.05, 3.63) is 29.8 Å². The number of nitrogen functional groups attached to an aromatic ring is 1. The van der Waals surface area contributed by atoms with Crippen molar-refractivity contribution < 1.29 is 4.74 Å². The van der Waals surface area contributed by atoms with Gasteiger partial charge in [0.25, 0.3) is 0 Å². The number of hydrogen-bond donors (Lipinski definition) is 2. The maximum atomic E-state index is 7.27. The van der Waals surface area contributed by atoms with Crippen LogP contribution >= 0.6 is 0 Å². The molecule has 1 aliphatic rings. The molecule has 0 spiro atoms. The number of ether oxygens (including phenoxy) is 1. The minimum atomic E-state index is 0.0995. The monoisotopic (exact) mass is 204 g/mol. The SMILES string of the molecule is N=C(N)c1ccc(OC2CCCC2)cc1. The molecule has 3 nitrogen and oxygen atoms in total. The van der Waals surface area contributed by atoms with Crippen molar-refractivity contribution in [2.24, 2.45) is 5.73 Å². The summed E-state index contributed by atoms with van der Waals surface area (Å²) in [5, 5.41) is 7.27. The second-order valence-electron chi connectivity index (χ2n) is 3.96. The van der Waals surface area contributed by atoms with Gasteiger partial charge < -0.3 is 10.5 Å². The average Bonchev–Trinajstić information content (AvgIpc) is 2.71. The highest BCUT2D eigenvalue weighted by atomic mass is 16.5. The summed E-state index contributed by atoms with van der Waals surface area (Å²) < 4.78 is 5.80. The van der Waals surface area contributed by atoms with Crippen LogP contribution in [0.5, 0.6) is 5.75 Å². The third kappa shape index (κ3) is 2.49. The van der Waals surface area contributed by atoms with E-state index in [1.807, 2.05) is 24.3 Å². The zero-order valence-electron chi connectivity index (χ0n) is 8.70. The van der Waals surface area contributed by atoms with E-state index < -0.39 is 0 Å². The zero-order valence-corrected chi connectivity index (χ0v) is 8.70. The van der Waals surface area contributed by atoms with E-state index >= 15 is 0 Å². The molecule has 0 radical (unpaired) electrons. The summed E-state index contributed by atoms with van der Waals surface area (Å²) in [7, 11) is 0. The fraction of sp³-hybridized carbons (Fsp3) is 0.417. The van der Waals surface area contributed by atoms with Gasteiger partial charge in [0.1, 0.15) is 11.6 Å². The zero-order chi connectivity index (χ0) is 10.7. The van der Waals surface area contributed by atoms with Gasteiger partial charge in [-0.2, -0.15) is 0 Å². The summed E-state index contributed by atoms with van der Waals surface area (Å²) in [5.41, 5.74) is 6.11. The van der Waals surface area contributed by atoms with Crippen LogP contribution in [0.1, 0.15) is 31.2 Å². The fourth-order valence-electron chi connectivity index (χ4n) is 1.91. The number of nitrogens with two attached hydrogens (primary N) is 1. The van der Waals surface area contributed by atoms with E-state index in [9.17, 15) is 0 Å². The van der Waals surface area contributed by atoms with Gasteiger partial charge in [0.15, 0.2) is 0 Å². The van der Waals surface area contributed by atoms with Crippen molar-refractivity contribution in [1.29, 1.82) is 5.41 Å². The Balaban J connectivity index is 2.00. The lowest BCUT2D eigenvalue weighted by Crippen LogP contribution is -2.12. The minimum Gasteiger partial charge on any atom is -0.490 e. The number of amidine groups is 1. The molecule has 0 unspecified atom stereocenters. The Kier molecular flexibility index (Phi) is 2.90. The highest BCUT2D eigenvalue weighted by Crippen LogP contribution is 2.24. The van der Waals surface area contributed by atoms with Crippen LogP contribution in [-0.4, -0.2) is 11.9 Å². The number of hydrogen-bond acceptors (Lipinski definition) is 2. The first-order valence-electron chi connectivity index (χ1n) is 5.37. The molecule has 0 aliphatic heterocycles. The lowest BCUT2D eigenvalue weighted by Gasteiger charge is -2.12. The smallest absolute Gasteiger partial charge is 0.122 e. The predicted molar refractivity (Wildman–Crippen MR) is 60.3 cm³/mol. The Morgan fingerprint density at radius 3 is 2.33 bits per heavy atom. The second-order valence-corrected chi connectivity index (χ2v) is 3.96. The molecule has 0 aromatic heterocycles. The van der Waals surface area contributed by atoms with Gasteiger partial charge >= 0.3 is 0 Å². The molecule has 0 amide bonds. The Bertz CT molecular complexity index is 339. The summed E-state index contributed by atoms with van der Waals surface area (Å²) in [6.45, 7) is 0. The molecule has 1 aliphatic carbocycles. The lowest BCUT2D eigenvalue weighted by molar-refractivity contribution is 0.210. The van der Waals surface area contributed by atoms with Crippen LogP contribution in [0.25, 0.3) is 0 Å². The molecule has 0 saturated heterocycles. The average molecular weight is 204 g/mol. The quantitative estimate of drug-likeness (QED) is 0.586. The third-order valence-corrected chi connectivity index (χ3v) is 2.77. The molecule has 1 fully saturated rings. The first-order chi connectivity index (χ1) is 7.25. The van der Waals surface area contributed by atoms with E-state index in [4.69, 9.17) is 15.9 Å². The highest BCUT2D eigenvalue weighted by molar-refractivity contribution is 5.94. The van der Waals surface area contributed by atoms with Crippen LogP contribution in [0.15, 0.2) is 24.3 Å². The first-order valence-corrected chi connectivity index (χ1v) is 5.37. The predicted octanol–water partition coefficient (Wildman–Crippen LogP) is 2.29. The summed E-state index contributed by atoms with van der Waals surface area (Å²) in [5.74, 6) is 0.981. The van der Waals surface area contributed by atoms with E-state index in [0.29, 0.717) is 6.10 Å². The Hall–Kier alpha value is -1.51. The molecular formula is C12H16N2O. The summed E-state index contributed by atoms with van der Waals surface area (Å²) in [6.07, 6.45) is 5.25. The van der Waals surface area contributed by atoms with E-state index in [0.717, 1.165) is 24.2 Å². The Labute approximate surface area is 89.8 Å². The van der Waals surface area contributed by atoms with Crippen molar-refractivity contribution in [2.75, 3.05) is 0 Å². The topological polar surface area (TPSA) is 59.1 Å². The first kappa shape index (κ1) is 10.0. The van der Waals surface area contributed by atoms with Gasteiger partial charge in [0, 0.05) is 5.56 Å². The van der Waals surface area contributed by atoms with Crippen LogP contribution in [0.4, 0.5) is 0 Å². The maximum absolute atomic E-state index is 7.27. The molecule has 3 heteroatoms. The molecule has 0 heterocycles. The van der Waals surface area contributed by atoms with Gasteiger partial charge in [0.2, 0.25) is 0 Å². The van der Waals surface area contributed by atoms with Crippen molar-refractivity contribution >= 4 is 5.84 Å². The summed E-state index contributed by atoms with van der Waals surface area (Å²) in [6, 6.07) is 7.42. The Morgan fingerprint density at radius 2 is 1.80 bits per heavy atom. The van der Waals surface area contributed by atoms with Gasteiger partial charge in [0.05, 0.1) is 6.10 Å². The molecule has 0 atom stereocenters. The molecule has 80 valence electrons. The minimum absolute atomic E-state index is 0.0995. The largest absolute Gasteiger partial charge is 0.490 e. The van der Waals surface area contributed by atoms with Gasteiger partial charge in [-0.15, -0.1) is 0 Å². The third-order valence-electron chi connectivity index (χ3n) is 2.77. The van der Waals surface area contributed by atoms with Gasteiger partial charge in [-0.3, -0.25) is 5.41 Å². The lowest BCUT2D eigenvalue weighted by atomic mass is 10.2. The molecule has 3 N–H and O–H groups in total. The molecular weight excluding hydrogens is 188 g/mol. The van der Waals surface area contributed by atoms with Crippen molar-refractivity contribution in [1.82, 2.24) is 0 Å². The standard InChI is InChI=1S/C12H16N2O/c13-12(14)9-5-7-11(8-6-9)15-10-3-1-2-4-10/h5-8,10H,1-4H2,(H3,13,14). The van der Waals surface area contributed by atoms with E-state index in [2.05, 4.69) is 0 Å². The van der Waals surface area contributed by atoms with Crippen LogP contribution in [0, 0.1) is 5.41 Å². The summed E-state index contributed by atoms with van der Waals surface area (Å²) in [4.78, 5) is 0. The number of nitrogens with one attached hydrogen (secondary N) is 1. The van der Waals surface area contributed by atoms with Gasteiger partial charge in [-0.1, -0.05) is 0 Å². The number of rotatable bonds is 3. The summed E-state index contributed by atoms with van der Waals surface area (Å²) >= 11 is 0. The highest BCUT2D eigenvalue weighted by Gasteiger charge is 2.16. The normalized spacial score (nSPS) is 16.5. The molecule has 15 heavy (non-hydrogen) atoms. The molecule has 1 aromatic rings. The second kappa shape index (κ2) is 4.34. The van der Waals surface area contributed by atoms with Gasteiger partial charge in [-0.05, 0) is 49.9 Å².